The number of unbranched alkanes of at least 4 members (excludes halogenated alkanes) is 1. The van der Waals surface area contributed by atoms with E-state index in [-0.39, 0.29) is 0 Å². The Hall–Kier alpha value is -2.21. The van der Waals surface area contributed by atoms with Gasteiger partial charge in [0.1, 0.15) is 0 Å². The van der Waals surface area contributed by atoms with Gasteiger partial charge in [0.15, 0.2) is 5.82 Å². The molecule has 0 spiro atoms. The second-order valence-corrected chi connectivity index (χ2v) is 6.25. The lowest BCUT2D eigenvalue weighted by atomic mass is 10.1. The molecule has 0 radical (unpaired) electrons. The van der Waals surface area contributed by atoms with Crippen molar-refractivity contribution in [3.8, 4) is 0 Å². The third-order valence-electron chi connectivity index (χ3n) is 4.37. The molecule has 24 heavy (non-hydrogen) atoms. The third-order valence-corrected chi connectivity index (χ3v) is 4.63. The van der Waals surface area contributed by atoms with Gasteiger partial charge in [-0.25, -0.2) is 0 Å². The normalized spacial score (nSPS) is 11.8. The lowest BCUT2D eigenvalue weighted by Crippen LogP contribution is -2.00. The van der Waals surface area contributed by atoms with Gasteiger partial charge in [0.2, 0.25) is 4.77 Å². The fraction of sp³-hybridized carbons (Fsp3) is 0.389. The first kappa shape index (κ1) is 16.6. The number of aromatic amines is 1. The summed E-state index contributed by atoms with van der Waals surface area (Å²) in [6.45, 7) is 7.40. The zero-order valence-corrected chi connectivity index (χ0v) is 15.2. The number of aromatic nitrogens is 4. The first-order valence-electron chi connectivity index (χ1n) is 8.45. The van der Waals surface area contributed by atoms with Crippen molar-refractivity contribution in [2.45, 2.75) is 46.6 Å². The molecular formula is C18H23N5S. The van der Waals surface area contributed by atoms with Crippen molar-refractivity contribution in [2.75, 3.05) is 0 Å². The van der Waals surface area contributed by atoms with Crippen LogP contribution in [0.3, 0.4) is 0 Å². The Kier molecular flexibility index (Phi) is 4.94. The molecule has 0 fully saturated rings. The number of para-hydroxylation sites is 1. The number of H-pyrrole nitrogens is 1. The van der Waals surface area contributed by atoms with Gasteiger partial charge in [-0.3, -0.25) is 5.10 Å². The van der Waals surface area contributed by atoms with Crippen molar-refractivity contribution in [2.24, 2.45) is 5.10 Å². The average Bonchev–Trinajstić information content (AvgIpc) is 3.08. The molecule has 0 aliphatic rings. The lowest BCUT2D eigenvalue weighted by Gasteiger charge is -2.03. The number of hydrogen-bond acceptors (Lipinski definition) is 3. The van der Waals surface area contributed by atoms with E-state index >= 15 is 0 Å². The molecule has 0 unspecified atom stereocenters. The van der Waals surface area contributed by atoms with E-state index in [9.17, 15) is 0 Å². The van der Waals surface area contributed by atoms with Gasteiger partial charge in [-0.05, 0) is 38.6 Å². The summed E-state index contributed by atoms with van der Waals surface area (Å²) >= 11 is 5.32. The fourth-order valence-electron chi connectivity index (χ4n) is 3.08. The summed E-state index contributed by atoms with van der Waals surface area (Å²) in [5.41, 5.74) is 3.59. The summed E-state index contributed by atoms with van der Waals surface area (Å²) in [5.74, 6) is 0.884. The van der Waals surface area contributed by atoms with Gasteiger partial charge in [-0.2, -0.15) is 14.9 Å². The summed E-state index contributed by atoms with van der Waals surface area (Å²) in [6, 6.07) is 8.43. The van der Waals surface area contributed by atoms with Crippen LogP contribution < -0.4 is 0 Å². The Morgan fingerprint density at radius 3 is 2.83 bits per heavy atom. The van der Waals surface area contributed by atoms with Gasteiger partial charge >= 0.3 is 0 Å². The molecule has 1 aromatic carbocycles. The molecule has 0 atom stereocenters. The Balaban J connectivity index is 2.05. The maximum Gasteiger partial charge on any atom is 0.216 e. The maximum atomic E-state index is 5.32. The van der Waals surface area contributed by atoms with Gasteiger partial charge in [0.25, 0.3) is 0 Å². The largest absolute Gasteiger partial charge is 0.344 e. The molecule has 2 heterocycles. The SMILES string of the molecule is CCCCc1n[nH]c(=S)n1/N=C\c1c(C)n(CC)c2ccccc12. The van der Waals surface area contributed by atoms with Crippen LogP contribution in [-0.4, -0.2) is 25.7 Å². The zero-order chi connectivity index (χ0) is 17.1. The van der Waals surface area contributed by atoms with Crippen LogP contribution >= 0.6 is 12.2 Å². The lowest BCUT2D eigenvalue weighted by molar-refractivity contribution is 0.700. The fourth-order valence-corrected chi connectivity index (χ4v) is 3.28. The predicted molar refractivity (Wildman–Crippen MR) is 101 cm³/mol. The van der Waals surface area contributed by atoms with Crippen molar-refractivity contribution in [3.63, 3.8) is 0 Å². The van der Waals surface area contributed by atoms with E-state index in [2.05, 4.69) is 64.9 Å². The van der Waals surface area contributed by atoms with Crippen LogP contribution in [0.5, 0.6) is 0 Å². The molecule has 0 aliphatic carbocycles. The molecule has 0 amide bonds. The molecule has 3 aromatic rings. The Labute approximate surface area is 147 Å². The molecule has 0 aliphatic heterocycles. The van der Waals surface area contributed by atoms with Gasteiger partial charge in [-0.15, -0.1) is 0 Å². The van der Waals surface area contributed by atoms with Crippen LogP contribution in [0.4, 0.5) is 0 Å². The summed E-state index contributed by atoms with van der Waals surface area (Å²) in [7, 11) is 0. The molecule has 0 saturated heterocycles. The molecule has 5 nitrogen and oxygen atoms in total. The first-order chi connectivity index (χ1) is 11.7. The third kappa shape index (κ3) is 2.94. The van der Waals surface area contributed by atoms with Crippen molar-refractivity contribution in [3.05, 3.63) is 46.1 Å². The first-order valence-corrected chi connectivity index (χ1v) is 8.86. The van der Waals surface area contributed by atoms with E-state index < -0.39 is 0 Å². The quantitative estimate of drug-likeness (QED) is 0.532. The number of hydrogen-bond donors (Lipinski definition) is 1. The van der Waals surface area contributed by atoms with Gasteiger partial charge in [0, 0.05) is 35.1 Å². The summed E-state index contributed by atoms with van der Waals surface area (Å²) in [4.78, 5) is 0. The van der Waals surface area contributed by atoms with Crippen LogP contribution in [0.15, 0.2) is 29.4 Å². The average molecular weight is 341 g/mol. The standard InChI is InChI=1S/C18H23N5S/c1-4-6-11-17-20-21-18(24)23(17)19-12-15-13(3)22(5-2)16-10-8-7-9-14(15)16/h7-10,12H,4-6,11H2,1-3H3,(H,21,24)/b19-12-. The van der Waals surface area contributed by atoms with Gasteiger partial charge in [-0.1, -0.05) is 31.5 Å². The molecule has 0 saturated carbocycles. The van der Waals surface area contributed by atoms with Crippen LogP contribution in [0.2, 0.25) is 0 Å². The number of nitrogens with one attached hydrogen (secondary N) is 1. The van der Waals surface area contributed by atoms with Crippen molar-refractivity contribution in [1.29, 1.82) is 0 Å². The van der Waals surface area contributed by atoms with E-state index in [0.29, 0.717) is 4.77 Å². The second kappa shape index (κ2) is 7.13. The topological polar surface area (TPSA) is 50.9 Å². The summed E-state index contributed by atoms with van der Waals surface area (Å²) in [5, 5.41) is 13.0. The molecule has 126 valence electrons. The van der Waals surface area contributed by atoms with Crippen LogP contribution in [0.1, 0.15) is 43.8 Å². The monoisotopic (exact) mass is 341 g/mol. The highest BCUT2D eigenvalue weighted by atomic mass is 32.1. The number of fused-ring (bicyclic) bond motifs is 1. The van der Waals surface area contributed by atoms with Crippen LogP contribution in [0, 0.1) is 11.7 Å². The molecule has 6 heteroatoms. The van der Waals surface area contributed by atoms with E-state index in [1.54, 1.807) is 4.68 Å². The Morgan fingerprint density at radius 1 is 1.29 bits per heavy atom. The highest BCUT2D eigenvalue weighted by Gasteiger charge is 2.11. The van der Waals surface area contributed by atoms with E-state index in [4.69, 9.17) is 12.2 Å². The highest BCUT2D eigenvalue weighted by Crippen LogP contribution is 2.24. The number of benzene rings is 1. The van der Waals surface area contributed by atoms with Gasteiger partial charge < -0.3 is 4.57 Å². The van der Waals surface area contributed by atoms with E-state index in [1.165, 1.54) is 16.6 Å². The number of nitrogens with zero attached hydrogens (tertiary/aromatic N) is 4. The highest BCUT2D eigenvalue weighted by molar-refractivity contribution is 7.71. The van der Waals surface area contributed by atoms with Crippen LogP contribution in [-0.2, 0) is 13.0 Å². The number of rotatable bonds is 6. The van der Waals surface area contributed by atoms with Crippen LogP contribution in [0.25, 0.3) is 10.9 Å². The van der Waals surface area contributed by atoms with Crippen molar-refractivity contribution < 1.29 is 0 Å². The predicted octanol–water partition coefficient (Wildman–Crippen LogP) is 4.45. The molecular weight excluding hydrogens is 318 g/mol. The summed E-state index contributed by atoms with van der Waals surface area (Å²) in [6.07, 6.45) is 4.97. The van der Waals surface area contributed by atoms with Crippen molar-refractivity contribution in [1.82, 2.24) is 19.4 Å². The number of aryl methyl sites for hydroxylation is 2. The van der Waals surface area contributed by atoms with E-state index in [0.717, 1.165) is 37.2 Å². The Morgan fingerprint density at radius 2 is 2.08 bits per heavy atom. The molecule has 2 aromatic heterocycles. The minimum Gasteiger partial charge on any atom is -0.344 e. The minimum atomic E-state index is 0.536. The molecule has 0 bridgehead atoms. The molecule has 3 rings (SSSR count). The van der Waals surface area contributed by atoms with Crippen molar-refractivity contribution >= 4 is 29.3 Å². The Bertz CT molecular complexity index is 929. The smallest absolute Gasteiger partial charge is 0.216 e. The van der Waals surface area contributed by atoms with Gasteiger partial charge in [0.05, 0.1) is 6.21 Å². The minimum absolute atomic E-state index is 0.536. The zero-order valence-electron chi connectivity index (χ0n) is 14.4. The van der Waals surface area contributed by atoms with E-state index in [1.807, 2.05) is 6.21 Å². The maximum absolute atomic E-state index is 5.32. The molecule has 1 N–H and O–H groups in total. The second-order valence-electron chi connectivity index (χ2n) is 5.87. The summed E-state index contributed by atoms with van der Waals surface area (Å²) < 4.78 is 4.58.